The summed E-state index contributed by atoms with van der Waals surface area (Å²) in [6, 6.07) is 39.1. The Bertz CT molecular complexity index is 2580. The molecule has 4 unspecified atom stereocenters. The minimum atomic E-state index is 0.0760. The average molecular weight is 774 g/mol. The van der Waals surface area contributed by atoms with Gasteiger partial charge in [0.1, 0.15) is 12.7 Å². The molecule has 2 saturated heterocycles. The zero-order chi connectivity index (χ0) is 37.4. The Morgan fingerprint density at radius 2 is 0.911 bits per heavy atom. The van der Waals surface area contributed by atoms with Gasteiger partial charge in [0.2, 0.25) is 0 Å². The van der Waals surface area contributed by atoms with E-state index >= 15 is 0 Å². The van der Waals surface area contributed by atoms with E-state index in [1.165, 1.54) is 44.5 Å². The van der Waals surface area contributed by atoms with Crippen molar-refractivity contribution in [3.8, 4) is 22.3 Å². The fourth-order valence-electron chi connectivity index (χ4n) is 10.0. The number of benzene rings is 4. The van der Waals surface area contributed by atoms with Crippen molar-refractivity contribution in [2.45, 2.75) is 36.8 Å². The molecule has 4 aliphatic heterocycles. The molecule has 4 aliphatic rings. The molecule has 8 nitrogen and oxygen atoms in total. The maximum absolute atomic E-state index is 6.15. The molecule has 10 heteroatoms. The summed E-state index contributed by atoms with van der Waals surface area (Å²) in [5, 5.41) is 10.1. The molecule has 4 aromatic carbocycles. The van der Waals surface area contributed by atoms with Crippen LogP contribution in [0.5, 0.6) is 0 Å². The molecule has 8 heterocycles. The van der Waals surface area contributed by atoms with E-state index in [4.69, 9.17) is 23.2 Å². The lowest BCUT2D eigenvalue weighted by atomic mass is 9.70. The number of hydrogen-bond donors (Lipinski definition) is 0. The number of rotatable bonds is 4. The summed E-state index contributed by atoms with van der Waals surface area (Å²) in [5.74, 6) is 0. The Morgan fingerprint density at radius 1 is 0.482 bits per heavy atom. The summed E-state index contributed by atoms with van der Waals surface area (Å²) in [4.78, 5) is 13.6. The molecular formula is C46H38Cl2N8. The maximum Gasteiger partial charge on any atom is 0.155 e. The maximum atomic E-state index is 6.15. The second-order valence-electron chi connectivity index (χ2n) is 15.8. The third-order valence-electron chi connectivity index (χ3n) is 12.7. The van der Waals surface area contributed by atoms with Gasteiger partial charge in [-0.1, -0.05) is 71.7 Å². The molecule has 276 valence electrons. The lowest BCUT2D eigenvalue weighted by Gasteiger charge is -2.37. The first-order chi connectivity index (χ1) is 27.4. The first kappa shape index (κ1) is 33.9. The normalized spacial score (nSPS) is 23.1. The fraction of sp³-hybridized carbons (Fsp3) is 0.217. The first-order valence-corrected chi connectivity index (χ1v) is 20.0. The van der Waals surface area contributed by atoms with Gasteiger partial charge in [-0.25, -0.2) is 19.0 Å². The molecule has 0 N–H and O–H groups in total. The van der Waals surface area contributed by atoms with Crippen LogP contribution in [0.3, 0.4) is 0 Å². The molecule has 0 radical (unpaired) electrons. The van der Waals surface area contributed by atoms with Crippen molar-refractivity contribution >= 4 is 34.5 Å². The Kier molecular flexibility index (Phi) is 7.93. The summed E-state index contributed by atoms with van der Waals surface area (Å²) in [5.41, 5.74) is 15.2. The zero-order valence-electron chi connectivity index (χ0n) is 30.7. The molecule has 4 atom stereocenters. The van der Waals surface area contributed by atoms with Crippen molar-refractivity contribution in [1.82, 2.24) is 39.0 Å². The molecule has 0 spiro atoms. The van der Waals surface area contributed by atoms with E-state index in [1.807, 2.05) is 45.4 Å². The van der Waals surface area contributed by atoms with Crippen molar-refractivity contribution in [2.24, 2.45) is 0 Å². The molecule has 0 aliphatic carbocycles. The molecule has 4 bridgehead atoms. The van der Waals surface area contributed by atoms with Crippen molar-refractivity contribution in [2.75, 3.05) is 26.2 Å². The minimum Gasteiger partial charge on any atom is -0.298 e. The van der Waals surface area contributed by atoms with E-state index in [1.54, 1.807) is 12.7 Å². The van der Waals surface area contributed by atoms with E-state index in [0.717, 1.165) is 84.6 Å². The molecular weight excluding hydrogens is 735 g/mol. The van der Waals surface area contributed by atoms with Crippen molar-refractivity contribution < 1.29 is 0 Å². The van der Waals surface area contributed by atoms with Gasteiger partial charge in [-0.2, -0.15) is 10.2 Å². The standard InChI is InChI=1S/2C23H19ClN4/c2*24-20-5-3-19(4-6-20)23-9-10-27(14-23)12-18-11-16(1-7-21(18)23)17-2-8-22-25-15-26-28(22)13-17/h2*1-8,11,13,15H,9-10,12,14H2. The van der Waals surface area contributed by atoms with E-state index in [9.17, 15) is 0 Å². The molecule has 4 aromatic heterocycles. The first-order valence-electron chi connectivity index (χ1n) is 19.3. The van der Waals surface area contributed by atoms with Crippen LogP contribution in [0.15, 0.2) is 134 Å². The second kappa shape index (κ2) is 13.1. The van der Waals surface area contributed by atoms with Crippen LogP contribution in [0.25, 0.3) is 33.5 Å². The Balaban J connectivity index is 0.000000130. The van der Waals surface area contributed by atoms with Crippen molar-refractivity contribution in [3.05, 3.63) is 178 Å². The lowest BCUT2D eigenvalue weighted by Crippen LogP contribution is -2.37. The number of halogens is 2. The third kappa shape index (κ3) is 5.58. The van der Waals surface area contributed by atoms with Crippen LogP contribution >= 0.6 is 23.2 Å². The van der Waals surface area contributed by atoms with Crippen LogP contribution in [0.1, 0.15) is 46.2 Å². The second-order valence-corrected chi connectivity index (χ2v) is 16.7. The van der Waals surface area contributed by atoms with E-state index in [0.29, 0.717) is 0 Å². The molecule has 12 rings (SSSR count). The van der Waals surface area contributed by atoms with Gasteiger partial charge in [0.25, 0.3) is 0 Å². The predicted octanol–water partition coefficient (Wildman–Crippen LogP) is 9.11. The fourth-order valence-corrected chi connectivity index (χ4v) is 10.3. The number of aromatic nitrogens is 6. The van der Waals surface area contributed by atoms with Crippen LogP contribution < -0.4 is 0 Å². The summed E-state index contributed by atoms with van der Waals surface area (Å²) >= 11 is 12.3. The average Bonchev–Trinajstić information content (AvgIpc) is 4.04. The van der Waals surface area contributed by atoms with Gasteiger partial charge in [-0.15, -0.1) is 0 Å². The number of fused-ring (bicyclic) bond motifs is 10. The Labute approximate surface area is 335 Å². The van der Waals surface area contributed by atoms with Crippen molar-refractivity contribution in [1.29, 1.82) is 0 Å². The predicted molar refractivity (Wildman–Crippen MR) is 221 cm³/mol. The quantitative estimate of drug-likeness (QED) is 0.178. The van der Waals surface area contributed by atoms with E-state index in [2.05, 4.69) is 115 Å². The van der Waals surface area contributed by atoms with Crippen LogP contribution in [0, 0.1) is 0 Å². The lowest BCUT2D eigenvalue weighted by molar-refractivity contribution is 0.295. The van der Waals surface area contributed by atoms with Crippen LogP contribution in [0.2, 0.25) is 10.0 Å². The van der Waals surface area contributed by atoms with Gasteiger partial charge in [0.05, 0.1) is 0 Å². The van der Waals surface area contributed by atoms with Gasteiger partial charge in [0.15, 0.2) is 11.3 Å². The highest BCUT2D eigenvalue weighted by molar-refractivity contribution is 6.30. The molecule has 8 aromatic rings. The van der Waals surface area contributed by atoms with Crippen LogP contribution in [-0.4, -0.2) is 65.2 Å². The van der Waals surface area contributed by atoms with Gasteiger partial charge < -0.3 is 0 Å². The summed E-state index contributed by atoms with van der Waals surface area (Å²) in [6.07, 6.45) is 9.60. The highest BCUT2D eigenvalue weighted by Crippen LogP contribution is 2.49. The monoisotopic (exact) mass is 772 g/mol. The Hall–Kier alpha value is -5.38. The molecule has 0 amide bonds. The minimum absolute atomic E-state index is 0.0760. The number of pyridine rings is 2. The largest absolute Gasteiger partial charge is 0.298 e. The molecule has 56 heavy (non-hydrogen) atoms. The smallest absolute Gasteiger partial charge is 0.155 e. The van der Waals surface area contributed by atoms with Gasteiger partial charge in [-0.05, 0) is 131 Å². The van der Waals surface area contributed by atoms with Gasteiger partial charge in [0, 0.05) is 70.6 Å². The van der Waals surface area contributed by atoms with Crippen LogP contribution in [-0.2, 0) is 23.9 Å². The van der Waals surface area contributed by atoms with Gasteiger partial charge in [-0.3, -0.25) is 9.80 Å². The van der Waals surface area contributed by atoms with Crippen LogP contribution in [0.4, 0.5) is 0 Å². The zero-order valence-corrected chi connectivity index (χ0v) is 32.2. The summed E-state index contributed by atoms with van der Waals surface area (Å²) in [7, 11) is 0. The van der Waals surface area contributed by atoms with Gasteiger partial charge >= 0.3 is 0 Å². The number of hydrogen-bond acceptors (Lipinski definition) is 6. The SMILES string of the molecule is Clc1ccc(C23CCN(Cc4cc(-c5ccc6ncnn6c5)ccc42)C3)cc1.Clc1ccc(C23CCN(Cc4cc(-c5ccc6ncnn6c5)ccc42)C3)cc1. The highest BCUT2D eigenvalue weighted by atomic mass is 35.5. The van der Waals surface area contributed by atoms with Crippen molar-refractivity contribution in [3.63, 3.8) is 0 Å². The molecule has 2 fully saturated rings. The van der Waals surface area contributed by atoms with E-state index in [-0.39, 0.29) is 10.8 Å². The molecule has 0 saturated carbocycles. The van der Waals surface area contributed by atoms with E-state index < -0.39 is 0 Å². The number of nitrogens with zero attached hydrogens (tertiary/aromatic N) is 8. The topological polar surface area (TPSA) is 66.9 Å². The highest BCUT2D eigenvalue weighted by Gasteiger charge is 2.47. The Morgan fingerprint density at radius 3 is 1.36 bits per heavy atom. The summed E-state index contributed by atoms with van der Waals surface area (Å²) in [6.45, 7) is 6.49. The summed E-state index contributed by atoms with van der Waals surface area (Å²) < 4.78 is 3.66. The third-order valence-corrected chi connectivity index (χ3v) is 13.2.